The Balaban J connectivity index is 1.78. The van der Waals surface area contributed by atoms with Gasteiger partial charge in [-0.25, -0.2) is 0 Å². The molecule has 0 saturated carbocycles. The fourth-order valence-electron chi connectivity index (χ4n) is 3.52. The second-order valence-corrected chi connectivity index (χ2v) is 8.06. The van der Waals surface area contributed by atoms with Gasteiger partial charge in [-0.2, -0.15) is 5.26 Å². The monoisotopic (exact) mass is 417 g/mol. The van der Waals surface area contributed by atoms with Crippen molar-refractivity contribution in [1.82, 2.24) is 0 Å². The highest BCUT2D eigenvalue weighted by molar-refractivity contribution is 6.30. The molecule has 0 aliphatic heterocycles. The molecule has 0 amide bonds. The van der Waals surface area contributed by atoms with Gasteiger partial charge >= 0.3 is 5.97 Å². The first kappa shape index (κ1) is 21.6. The molecule has 0 aliphatic carbocycles. The van der Waals surface area contributed by atoms with Crippen LogP contribution in [-0.2, 0) is 16.0 Å². The first-order valence-corrected chi connectivity index (χ1v) is 10.3. The van der Waals surface area contributed by atoms with Crippen LogP contribution in [0.4, 0.5) is 0 Å². The Bertz CT molecular complexity index is 1020. The summed E-state index contributed by atoms with van der Waals surface area (Å²) in [5.41, 5.74) is 3.75. The highest BCUT2D eigenvalue weighted by atomic mass is 35.5. The van der Waals surface area contributed by atoms with Crippen molar-refractivity contribution in [3.63, 3.8) is 0 Å². The van der Waals surface area contributed by atoms with Crippen LogP contribution < -0.4 is 0 Å². The lowest BCUT2D eigenvalue weighted by molar-refractivity contribution is -0.150. The number of ether oxygens (including phenoxy) is 1. The summed E-state index contributed by atoms with van der Waals surface area (Å²) < 4.78 is 5.67. The molecular weight excluding hydrogens is 394 g/mol. The zero-order valence-corrected chi connectivity index (χ0v) is 17.8. The molecule has 4 heteroatoms. The zero-order chi connectivity index (χ0) is 21.5. The number of nitrogens with zero attached hydrogens (tertiary/aromatic N) is 1. The van der Waals surface area contributed by atoms with Crippen molar-refractivity contribution in [3.8, 4) is 6.07 Å². The molecule has 2 unspecified atom stereocenters. The fraction of sp³-hybridized carbons (Fsp3) is 0.231. The van der Waals surface area contributed by atoms with Crippen LogP contribution in [0, 0.1) is 17.2 Å². The minimum Gasteiger partial charge on any atom is -0.441 e. The maximum atomic E-state index is 13.0. The van der Waals surface area contributed by atoms with Gasteiger partial charge in [-0.3, -0.25) is 4.79 Å². The second-order valence-electron chi connectivity index (χ2n) is 7.63. The Kier molecular flexibility index (Phi) is 7.27. The third-order valence-corrected chi connectivity index (χ3v) is 5.26. The number of benzene rings is 3. The number of carbonyl (C=O) groups is 1. The van der Waals surface area contributed by atoms with Crippen LogP contribution in [0.2, 0.25) is 5.02 Å². The molecule has 0 heterocycles. The highest BCUT2D eigenvalue weighted by Crippen LogP contribution is 2.30. The Labute approximate surface area is 182 Å². The van der Waals surface area contributed by atoms with E-state index in [4.69, 9.17) is 16.3 Å². The number of hydrogen-bond donors (Lipinski definition) is 0. The van der Waals surface area contributed by atoms with E-state index in [-0.39, 0.29) is 5.92 Å². The largest absolute Gasteiger partial charge is 0.441 e. The summed E-state index contributed by atoms with van der Waals surface area (Å²) in [6.45, 7) is 3.92. The van der Waals surface area contributed by atoms with E-state index in [1.807, 2.05) is 68.4 Å². The molecule has 0 spiro atoms. The number of rotatable bonds is 7. The minimum absolute atomic E-state index is 0.0161. The Morgan fingerprint density at radius 3 is 2.23 bits per heavy atom. The van der Waals surface area contributed by atoms with Gasteiger partial charge in [0.2, 0.25) is 6.10 Å². The van der Waals surface area contributed by atoms with Crippen LogP contribution in [0.15, 0.2) is 78.9 Å². The molecule has 0 bridgehead atoms. The minimum atomic E-state index is -0.957. The molecule has 0 fully saturated rings. The van der Waals surface area contributed by atoms with Crippen molar-refractivity contribution in [2.75, 3.05) is 0 Å². The van der Waals surface area contributed by atoms with Crippen molar-refractivity contribution in [3.05, 3.63) is 106 Å². The van der Waals surface area contributed by atoms with Gasteiger partial charge in [-0.1, -0.05) is 92.2 Å². The fourth-order valence-corrected chi connectivity index (χ4v) is 3.65. The Morgan fingerprint density at radius 1 is 0.933 bits per heavy atom. The predicted molar refractivity (Wildman–Crippen MR) is 119 cm³/mol. The van der Waals surface area contributed by atoms with Gasteiger partial charge < -0.3 is 4.74 Å². The summed E-state index contributed by atoms with van der Waals surface area (Å²) in [6.07, 6.45) is -0.207. The quantitative estimate of drug-likeness (QED) is 0.413. The van der Waals surface area contributed by atoms with Gasteiger partial charge in [0, 0.05) is 10.6 Å². The van der Waals surface area contributed by atoms with Gasteiger partial charge in [0.25, 0.3) is 0 Å². The smallest absolute Gasteiger partial charge is 0.315 e. The maximum absolute atomic E-state index is 13.0. The van der Waals surface area contributed by atoms with E-state index in [1.54, 1.807) is 12.1 Å². The first-order valence-electron chi connectivity index (χ1n) is 9.96. The summed E-state index contributed by atoms with van der Waals surface area (Å²) >= 11 is 5.98. The summed E-state index contributed by atoms with van der Waals surface area (Å²) in [7, 11) is 0. The maximum Gasteiger partial charge on any atom is 0.315 e. The molecule has 3 aromatic carbocycles. The van der Waals surface area contributed by atoms with Crippen molar-refractivity contribution in [2.24, 2.45) is 5.92 Å². The first-order chi connectivity index (χ1) is 14.5. The van der Waals surface area contributed by atoms with Gasteiger partial charge in [0.15, 0.2) is 0 Å². The lowest BCUT2D eigenvalue weighted by Crippen LogP contribution is -2.22. The van der Waals surface area contributed by atoms with E-state index in [0.717, 1.165) is 17.5 Å². The SMILES string of the molecule is CC(C)C(C(=O)OC(C#N)c1cccc(Cc2ccccc2)c1)c1ccc(Cl)cc1. The van der Waals surface area contributed by atoms with Gasteiger partial charge in [0.05, 0.1) is 5.92 Å². The molecule has 0 aliphatic rings. The Hall–Kier alpha value is -3.09. The lowest BCUT2D eigenvalue weighted by atomic mass is 9.88. The molecule has 2 atom stereocenters. The van der Waals surface area contributed by atoms with Gasteiger partial charge in [0.1, 0.15) is 6.07 Å². The third kappa shape index (κ3) is 5.49. The summed E-state index contributed by atoms with van der Waals surface area (Å²) in [6, 6.07) is 27.1. The summed E-state index contributed by atoms with van der Waals surface area (Å²) in [5.74, 6) is -0.861. The normalized spacial score (nSPS) is 12.8. The van der Waals surface area contributed by atoms with Crippen molar-refractivity contribution < 1.29 is 9.53 Å². The average Bonchev–Trinajstić information content (AvgIpc) is 2.74. The van der Waals surface area contributed by atoms with E-state index < -0.39 is 18.0 Å². The molecule has 0 saturated heterocycles. The predicted octanol–water partition coefficient (Wildman–Crippen LogP) is 6.48. The molecule has 0 N–H and O–H groups in total. The summed E-state index contributed by atoms with van der Waals surface area (Å²) in [4.78, 5) is 13.0. The van der Waals surface area contributed by atoms with E-state index in [1.165, 1.54) is 5.56 Å². The molecule has 152 valence electrons. The molecular formula is C26H24ClNO2. The molecule has 3 aromatic rings. The van der Waals surface area contributed by atoms with Gasteiger partial charge in [-0.05, 0) is 41.2 Å². The molecule has 3 nitrogen and oxygen atoms in total. The average molecular weight is 418 g/mol. The van der Waals surface area contributed by atoms with E-state index in [9.17, 15) is 10.1 Å². The lowest BCUT2D eigenvalue weighted by Gasteiger charge is -2.22. The van der Waals surface area contributed by atoms with Crippen LogP contribution in [0.5, 0.6) is 0 Å². The van der Waals surface area contributed by atoms with Gasteiger partial charge in [-0.15, -0.1) is 0 Å². The van der Waals surface area contributed by atoms with Crippen LogP contribution in [0.25, 0.3) is 0 Å². The van der Waals surface area contributed by atoms with Crippen molar-refractivity contribution >= 4 is 17.6 Å². The van der Waals surface area contributed by atoms with Crippen LogP contribution in [-0.4, -0.2) is 5.97 Å². The van der Waals surface area contributed by atoms with E-state index in [0.29, 0.717) is 10.6 Å². The van der Waals surface area contributed by atoms with E-state index >= 15 is 0 Å². The Morgan fingerprint density at radius 2 is 1.60 bits per heavy atom. The molecule has 0 aromatic heterocycles. The number of carbonyl (C=O) groups excluding carboxylic acids is 1. The second kappa shape index (κ2) is 10.1. The number of esters is 1. The summed E-state index contributed by atoms with van der Waals surface area (Å²) in [5, 5.41) is 10.3. The number of halogens is 1. The molecule has 30 heavy (non-hydrogen) atoms. The van der Waals surface area contributed by atoms with Crippen molar-refractivity contribution in [2.45, 2.75) is 32.3 Å². The van der Waals surface area contributed by atoms with E-state index in [2.05, 4.69) is 18.2 Å². The number of nitriles is 1. The van der Waals surface area contributed by atoms with Crippen LogP contribution in [0.3, 0.4) is 0 Å². The molecule has 0 radical (unpaired) electrons. The highest BCUT2D eigenvalue weighted by Gasteiger charge is 2.28. The van der Waals surface area contributed by atoms with Crippen LogP contribution in [0.1, 0.15) is 48.1 Å². The molecule has 3 rings (SSSR count). The number of hydrogen-bond acceptors (Lipinski definition) is 3. The zero-order valence-electron chi connectivity index (χ0n) is 17.1. The third-order valence-electron chi connectivity index (χ3n) is 5.01. The topological polar surface area (TPSA) is 50.1 Å². The standard InChI is InChI=1S/C26H24ClNO2/c1-18(2)25(21-11-13-23(27)14-12-21)26(29)30-24(17-28)22-10-6-9-20(16-22)15-19-7-4-3-5-8-19/h3-14,16,18,24-25H,15H2,1-2H3. The van der Waals surface area contributed by atoms with Crippen LogP contribution >= 0.6 is 11.6 Å². The van der Waals surface area contributed by atoms with Crippen molar-refractivity contribution in [1.29, 1.82) is 5.26 Å².